The highest BCUT2D eigenvalue weighted by Crippen LogP contribution is 2.31. The molecule has 0 aliphatic carbocycles. The van der Waals surface area contributed by atoms with Crippen molar-refractivity contribution in [2.24, 2.45) is 0 Å². The van der Waals surface area contributed by atoms with E-state index in [2.05, 4.69) is 48.5 Å². The summed E-state index contributed by atoms with van der Waals surface area (Å²) in [5.74, 6) is -0.344. The van der Waals surface area contributed by atoms with Crippen molar-refractivity contribution < 1.29 is 9.53 Å². The lowest BCUT2D eigenvalue weighted by atomic mass is 10.2. The molecule has 0 aromatic heterocycles. The monoisotopic (exact) mass is 347 g/mol. The van der Waals surface area contributed by atoms with Crippen molar-refractivity contribution in [2.45, 2.75) is 21.6 Å². The Morgan fingerprint density at radius 3 is 1.72 bits per heavy atom. The molecule has 25 heavy (non-hydrogen) atoms. The molecule has 0 bridgehead atoms. The van der Waals surface area contributed by atoms with Crippen LogP contribution in [-0.2, 0) is 15.6 Å². The van der Waals surface area contributed by atoms with Crippen LogP contribution in [0.5, 0.6) is 0 Å². The van der Waals surface area contributed by atoms with Crippen molar-refractivity contribution in [3.05, 3.63) is 103 Å². The molecule has 0 fully saturated rings. The first-order chi connectivity index (χ1) is 12.3. The molecule has 0 amide bonds. The van der Waals surface area contributed by atoms with Crippen molar-refractivity contribution in [3.63, 3.8) is 0 Å². The summed E-state index contributed by atoms with van der Waals surface area (Å²) in [5, 5.41) is 0. The van der Waals surface area contributed by atoms with Gasteiger partial charge >= 0.3 is 5.97 Å². The normalized spacial score (nSPS) is 11.0. The van der Waals surface area contributed by atoms with Crippen LogP contribution in [-0.4, -0.2) is 5.97 Å². The van der Waals surface area contributed by atoms with Crippen LogP contribution < -0.4 is 0 Å². The number of rotatable bonds is 5. The van der Waals surface area contributed by atoms with Crippen LogP contribution in [0.15, 0.2) is 112 Å². The Hall–Kier alpha value is -2.78. The summed E-state index contributed by atoms with van der Waals surface area (Å²) in [5.41, 5.74) is 0.548. The van der Waals surface area contributed by atoms with Crippen LogP contribution in [0.2, 0.25) is 0 Å². The first-order valence-electron chi connectivity index (χ1n) is 8.06. The van der Waals surface area contributed by atoms with E-state index < -0.39 is 0 Å². The van der Waals surface area contributed by atoms with E-state index >= 15 is 0 Å². The summed E-state index contributed by atoms with van der Waals surface area (Å²) in [4.78, 5) is 15.6. The van der Waals surface area contributed by atoms with Crippen molar-refractivity contribution in [1.82, 2.24) is 0 Å². The lowest BCUT2D eigenvalue weighted by molar-refractivity contribution is 0.0662. The molecule has 3 rings (SSSR count). The van der Waals surface area contributed by atoms with Crippen molar-refractivity contribution >= 4 is 16.9 Å². The van der Waals surface area contributed by atoms with Gasteiger partial charge < -0.3 is 4.74 Å². The summed E-state index contributed by atoms with van der Waals surface area (Å²) >= 11 is 0. The van der Waals surface area contributed by atoms with Crippen LogP contribution in [0.25, 0.3) is 0 Å². The van der Waals surface area contributed by atoms with E-state index in [1.54, 1.807) is 6.08 Å². The number of allylic oxidation sites excluding steroid dienone is 1. The molecule has 3 heteroatoms. The van der Waals surface area contributed by atoms with Gasteiger partial charge in [-0.3, -0.25) is 0 Å². The molecular weight excluding hydrogens is 328 g/mol. The van der Waals surface area contributed by atoms with Crippen molar-refractivity contribution in [1.29, 1.82) is 0 Å². The van der Waals surface area contributed by atoms with Gasteiger partial charge in [0.25, 0.3) is 0 Å². The summed E-state index contributed by atoms with van der Waals surface area (Å²) in [6, 6.07) is 28.5. The van der Waals surface area contributed by atoms with E-state index in [0.29, 0.717) is 5.56 Å². The predicted molar refractivity (Wildman–Crippen MR) is 102 cm³/mol. The van der Waals surface area contributed by atoms with E-state index in [0.717, 1.165) is 0 Å². The van der Waals surface area contributed by atoms with E-state index in [1.165, 1.54) is 20.9 Å². The summed E-state index contributed by atoms with van der Waals surface area (Å²) < 4.78 is 5.03. The average molecular weight is 347 g/mol. The zero-order valence-electron chi connectivity index (χ0n) is 14.0. The number of ether oxygens (including phenoxy) is 1. The molecule has 0 aliphatic heterocycles. The first kappa shape index (κ1) is 17.1. The van der Waals surface area contributed by atoms with E-state index in [9.17, 15) is 4.79 Å². The molecular formula is C22H19O2S+. The Labute approximate surface area is 151 Å². The quantitative estimate of drug-likeness (QED) is 0.347. The second kappa shape index (κ2) is 8.36. The molecule has 0 N–H and O–H groups in total. The van der Waals surface area contributed by atoms with Gasteiger partial charge in [-0.05, 0) is 55.5 Å². The van der Waals surface area contributed by atoms with Crippen LogP contribution in [0.4, 0.5) is 0 Å². The molecule has 0 unspecified atom stereocenters. The zero-order valence-corrected chi connectivity index (χ0v) is 14.8. The minimum absolute atomic E-state index is 0.208. The summed E-state index contributed by atoms with van der Waals surface area (Å²) in [7, 11) is -0.208. The van der Waals surface area contributed by atoms with Crippen LogP contribution in [0.3, 0.4) is 0 Å². The largest absolute Gasteiger partial charge is 0.431 e. The number of esters is 1. The molecule has 0 saturated heterocycles. The fraction of sp³-hybridized carbons (Fsp3) is 0.0455. The van der Waals surface area contributed by atoms with Gasteiger partial charge in [0.15, 0.2) is 14.7 Å². The van der Waals surface area contributed by atoms with E-state index in [-0.39, 0.29) is 16.9 Å². The topological polar surface area (TPSA) is 26.3 Å². The number of hydrogen-bond acceptors (Lipinski definition) is 2. The molecule has 0 radical (unpaired) electrons. The molecule has 0 atom stereocenters. The Kier molecular flexibility index (Phi) is 5.70. The Morgan fingerprint density at radius 1 is 0.760 bits per heavy atom. The van der Waals surface area contributed by atoms with Gasteiger partial charge in [-0.1, -0.05) is 42.5 Å². The third-order valence-corrected chi connectivity index (χ3v) is 5.83. The molecule has 0 spiro atoms. The summed E-state index contributed by atoms with van der Waals surface area (Å²) in [6.07, 6.45) is 3.09. The van der Waals surface area contributed by atoms with E-state index in [1.807, 2.05) is 43.3 Å². The van der Waals surface area contributed by atoms with Crippen molar-refractivity contribution in [3.8, 4) is 0 Å². The Morgan fingerprint density at radius 2 is 1.24 bits per heavy atom. The van der Waals surface area contributed by atoms with Crippen LogP contribution >= 0.6 is 0 Å². The molecule has 124 valence electrons. The average Bonchev–Trinajstić information content (AvgIpc) is 2.68. The maximum absolute atomic E-state index is 12.0. The highest BCUT2D eigenvalue weighted by atomic mass is 32.2. The van der Waals surface area contributed by atoms with Gasteiger partial charge in [0, 0.05) is 0 Å². The SMILES string of the molecule is C/C=C/OC(=O)c1ccc([S+](c2ccccc2)c2ccccc2)cc1. The second-order valence-corrected chi connectivity index (χ2v) is 7.36. The Bertz CT molecular complexity index is 801. The highest BCUT2D eigenvalue weighted by Gasteiger charge is 2.28. The first-order valence-corrected chi connectivity index (χ1v) is 9.28. The van der Waals surface area contributed by atoms with Crippen molar-refractivity contribution in [2.75, 3.05) is 0 Å². The number of benzene rings is 3. The zero-order chi connectivity index (χ0) is 17.5. The number of hydrogen-bond donors (Lipinski definition) is 0. The molecule has 2 nitrogen and oxygen atoms in total. The molecule has 3 aromatic rings. The number of carbonyl (C=O) groups excluding carboxylic acids is 1. The lowest BCUT2D eigenvalue weighted by Gasteiger charge is -2.08. The second-order valence-electron chi connectivity index (χ2n) is 5.33. The van der Waals surface area contributed by atoms with Gasteiger partial charge in [-0.25, -0.2) is 4.79 Å². The van der Waals surface area contributed by atoms with E-state index in [4.69, 9.17) is 4.74 Å². The maximum atomic E-state index is 12.0. The van der Waals surface area contributed by atoms with Crippen LogP contribution in [0.1, 0.15) is 17.3 Å². The fourth-order valence-electron chi connectivity index (χ4n) is 2.45. The van der Waals surface area contributed by atoms with Gasteiger partial charge in [0.1, 0.15) is 0 Å². The van der Waals surface area contributed by atoms with Gasteiger partial charge in [0.05, 0.1) is 22.7 Å². The van der Waals surface area contributed by atoms with Gasteiger partial charge in [0.2, 0.25) is 0 Å². The molecule has 0 saturated carbocycles. The smallest absolute Gasteiger partial charge is 0.342 e. The minimum atomic E-state index is -0.344. The Balaban J connectivity index is 1.96. The molecule has 3 aromatic carbocycles. The third-order valence-electron chi connectivity index (χ3n) is 3.59. The highest BCUT2D eigenvalue weighted by molar-refractivity contribution is 7.97. The predicted octanol–water partition coefficient (Wildman–Crippen LogP) is 5.47. The number of carbonyl (C=O) groups is 1. The standard InChI is InChI=1S/C22H19O2S/c1-2-17-24-22(23)18-13-15-21(16-14-18)25(19-9-5-3-6-10-19)20-11-7-4-8-12-20/h2-17H,1H3/q+1/b17-2+. The van der Waals surface area contributed by atoms with Crippen LogP contribution in [0, 0.1) is 0 Å². The molecule has 0 heterocycles. The molecule has 0 aliphatic rings. The maximum Gasteiger partial charge on any atom is 0.342 e. The third kappa shape index (κ3) is 4.20. The minimum Gasteiger partial charge on any atom is -0.431 e. The van der Waals surface area contributed by atoms with Gasteiger partial charge in [-0.15, -0.1) is 0 Å². The fourth-order valence-corrected chi connectivity index (χ4v) is 4.53. The van der Waals surface area contributed by atoms with Gasteiger partial charge in [-0.2, -0.15) is 0 Å². The summed E-state index contributed by atoms with van der Waals surface area (Å²) in [6.45, 7) is 1.81. The lowest BCUT2D eigenvalue weighted by Crippen LogP contribution is -2.06.